The van der Waals surface area contributed by atoms with Crippen LogP contribution in [-0.2, 0) is 0 Å². The predicted molar refractivity (Wildman–Crippen MR) is 90.4 cm³/mol. The topological polar surface area (TPSA) is 12.0 Å². The van der Waals surface area contributed by atoms with Gasteiger partial charge in [-0.3, -0.25) is 0 Å². The van der Waals surface area contributed by atoms with Gasteiger partial charge in [0.25, 0.3) is 0 Å². The van der Waals surface area contributed by atoms with Crippen molar-refractivity contribution in [2.24, 2.45) is 0 Å². The van der Waals surface area contributed by atoms with Crippen LogP contribution in [-0.4, -0.2) is 0 Å². The molecular weight excluding hydrogens is 254 g/mol. The van der Waals surface area contributed by atoms with E-state index in [1.54, 1.807) is 0 Å². The van der Waals surface area contributed by atoms with Gasteiger partial charge in [0.2, 0.25) is 0 Å². The molecule has 1 nitrogen and oxygen atoms in total. The van der Waals surface area contributed by atoms with Crippen molar-refractivity contribution in [1.82, 2.24) is 5.32 Å². The van der Waals surface area contributed by atoms with Crippen molar-refractivity contribution in [1.29, 1.82) is 0 Å². The van der Waals surface area contributed by atoms with Gasteiger partial charge >= 0.3 is 0 Å². The summed E-state index contributed by atoms with van der Waals surface area (Å²) in [6.45, 7) is 4.44. The molecule has 0 radical (unpaired) electrons. The summed E-state index contributed by atoms with van der Waals surface area (Å²) in [5.41, 5.74) is 2.65. The minimum absolute atomic E-state index is 0.324. The molecule has 1 N–H and O–H groups in total. The smallest absolute Gasteiger partial charge is 0.0297 e. The van der Waals surface area contributed by atoms with Crippen molar-refractivity contribution in [2.45, 2.75) is 25.9 Å². The monoisotopic (exact) mass is 275 g/mol. The Labute approximate surface area is 126 Å². The Balaban J connectivity index is 1.79. The highest BCUT2D eigenvalue weighted by molar-refractivity contribution is 5.83. The van der Waals surface area contributed by atoms with Gasteiger partial charge in [-0.1, -0.05) is 66.7 Å². The van der Waals surface area contributed by atoms with Crippen LogP contribution in [0.1, 0.15) is 37.1 Å². The lowest BCUT2D eigenvalue weighted by molar-refractivity contribution is 0.495. The number of hydrogen-bond donors (Lipinski definition) is 1. The van der Waals surface area contributed by atoms with E-state index in [1.807, 2.05) is 0 Å². The van der Waals surface area contributed by atoms with E-state index in [0.29, 0.717) is 12.1 Å². The largest absolute Gasteiger partial charge is 0.304 e. The lowest BCUT2D eigenvalue weighted by Crippen LogP contribution is -2.22. The molecule has 0 aromatic heterocycles. The summed E-state index contributed by atoms with van der Waals surface area (Å²) in [6, 6.07) is 26.5. The fourth-order valence-electron chi connectivity index (χ4n) is 2.79. The number of hydrogen-bond acceptors (Lipinski definition) is 1. The molecular formula is C20H21N. The second-order valence-corrected chi connectivity index (χ2v) is 5.63. The van der Waals surface area contributed by atoms with Gasteiger partial charge in [0.1, 0.15) is 0 Å². The fourth-order valence-corrected chi connectivity index (χ4v) is 2.79. The van der Waals surface area contributed by atoms with Gasteiger partial charge in [-0.15, -0.1) is 0 Å². The van der Waals surface area contributed by atoms with E-state index in [4.69, 9.17) is 0 Å². The Bertz CT molecular complexity index is 718. The molecule has 0 spiro atoms. The zero-order valence-electron chi connectivity index (χ0n) is 12.6. The van der Waals surface area contributed by atoms with Crippen molar-refractivity contribution in [3.63, 3.8) is 0 Å². The molecule has 0 bridgehead atoms. The number of nitrogens with one attached hydrogen (secondary N) is 1. The summed E-state index contributed by atoms with van der Waals surface area (Å²) < 4.78 is 0. The molecule has 106 valence electrons. The first-order valence-electron chi connectivity index (χ1n) is 7.54. The molecule has 1 heteroatoms. The van der Waals surface area contributed by atoms with E-state index < -0.39 is 0 Å². The summed E-state index contributed by atoms with van der Waals surface area (Å²) in [7, 11) is 0. The van der Waals surface area contributed by atoms with Crippen LogP contribution in [0.3, 0.4) is 0 Å². The molecule has 0 fully saturated rings. The first-order chi connectivity index (χ1) is 10.2. The van der Waals surface area contributed by atoms with E-state index in [0.717, 1.165) is 0 Å². The summed E-state index contributed by atoms with van der Waals surface area (Å²) >= 11 is 0. The normalized spacial score (nSPS) is 14.0. The van der Waals surface area contributed by atoms with Crippen LogP contribution in [0, 0.1) is 0 Å². The van der Waals surface area contributed by atoms with Gasteiger partial charge in [-0.25, -0.2) is 0 Å². The number of fused-ring (bicyclic) bond motifs is 1. The molecule has 3 rings (SSSR count). The van der Waals surface area contributed by atoms with Crippen molar-refractivity contribution < 1.29 is 0 Å². The Morgan fingerprint density at radius 2 is 1.24 bits per heavy atom. The summed E-state index contributed by atoms with van der Waals surface area (Å²) in [5.74, 6) is 0. The molecule has 0 saturated heterocycles. The molecule has 0 aliphatic heterocycles. The highest BCUT2D eigenvalue weighted by atomic mass is 14.9. The summed E-state index contributed by atoms with van der Waals surface area (Å²) in [5, 5.41) is 6.27. The Hall–Kier alpha value is -2.12. The third kappa shape index (κ3) is 3.14. The van der Waals surface area contributed by atoms with Crippen molar-refractivity contribution in [2.75, 3.05) is 0 Å². The van der Waals surface area contributed by atoms with Crippen LogP contribution in [0.5, 0.6) is 0 Å². The molecule has 0 aliphatic carbocycles. The standard InChI is InChI=1S/C20H21N/c1-15(17-8-4-3-5-9-17)21-16(2)19-13-12-18-10-6-7-11-20(18)14-19/h3-16,21H,1-2H3. The minimum atomic E-state index is 0.324. The van der Waals surface area contributed by atoms with Crippen LogP contribution in [0.25, 0.3) is 10.8 Å². The zero-order valence-corrected chi connectivity index (χ0v) is 12.6. The molecule has 2 atom stereocenters. The number of benzene rings is 3. The van der Waals surface area contributed by atoms with E-state index in [-0.39, 0.29) is 0 Å². The molecule has 3 aromatic carbocycles. The highest BCUT2D eigenvalue weighted by Crippen LogP contribution is 2.23. The number of rotatable bonds is 4. The molecule has 0 amide bonds. The second-order valence-electron chi connectivity index (χ2n) is 5.63. The molecule has 3 aromatic rings. The van der Waals surface area contributed by atoms with Gasteiger partial charge in [-0.2, -0.15) is 0 Å². The van der Waals surface area contributed by atoms with Crippen molar-refractivity contribution >= 4 is 10.8 Å². The van der Waals surface area contributed by atoms with Crippen LogP contribution in [0.4, 0.5) is 0 Å². The third-order valence-corrected chi connectivity index (χ3v) is 4.07. The third-order valence-electron chi connectivity index (χ3n) is 4.07. The van der Waals surface area contributed by atoms with Crippen LogP contribution in [0.2, 0.25) is 0 Å². The quantitative estimate of drug-likeness (QED) is 0.685. The molecule has 0 saturated carbocycles. The summed E-state index contributed by atoms with van der Waals surface area (Å²) in [6.07, 6.45) is 0. The molecule has 0 heterocycles. The van der Waals surface area contributed by atoms with Gasteiger partial charge in [0, 0.05) is 12.1 Å². The maximum absolute atomic E-state index is 3.68. The SMILES string of the molecule is CC(NC(C)c1ccc2ccccc2c1)c1ccccc1. The predicted octanol–water partition coefficient (Wildman–Crippen LogP) is 5.25. The lowest BCUT2D eigenvalue weighted by Gasteiger charge is -2.21. The molecule has 0 aliphatic rings. The maximum Gasteiger partial charge on any atom is 0.0297 e. The van der Waals surface area contributed by atoms with E-state index in [9.17, 15) is 0 Å². The summed E-state index contributed by atoms with van der Waals surface area (Å²) in [4.78, 5) is 0. The first-order valence-corrected chi connectivity index (χ1v) is 7.54. The average Bonchev–Trinajstić information content (AvgIpc) is 2.55. The minimum Gasteiger partial charge on any atom is -0.304 e. The average molecular weight is 275 g/mol. The van der Waals surface area contributed by atoms with Crippen LogP contribution in [0.15, 0.2) is 72.8 Å². The fraction of sp³-hybridized carbons (Fsp3) is 0.200. The van der Waals surface area contributed by atoms with E-state index >= 15 is 0 Å². The van der Waals surface area contributed by atoms with Crippen molar-refractivity contribution in [3.05, 3.63) is 83.9 Å². The Morgan fingerprint density at radius 3 is 2.00 bits per heavy atom. The van der Waals surface area contributed by atoms with Gasteiger partial charge in [0.05, 0.1) is 0 Å². The van der Waals surface area contributed by atoms with Crippen LogP contribution < -0.4 is 5.32 Å². The van der Waals surface area contributed by atoms with Gasteiger partial charge < -0.3 is 5.32 Å². The molecule has 21 heavy (non-hydrogen) atoms. The maximum atomic E-state index is 3.68. The highest BCUT2D eigenvalue weighted by Gasteiger charge is 2.11. The lowest BCUT2D eigenvalue weighted by atomic mass is 10.0. The zero-order chi connectivity index (χ0) is 14.7. The van der Waals surface area contributed by atoms with Crippen LogP contribution >= 0.6 is 0 Å². The van der Waals surface area contributed by atoms with Gasteiger partial charge in [0.15, 0.2) is 0 Å². The molecule has 2 unspecified atom stereocenters. The second kappa shape index (κ2) is 6.11. The Morgan fingerprint density at radius 1 is 0.619 bits per heavy atom. The van der Waals surface area contributed by atoms with Gasteiger partial charge in [-0.05, 0) is 41.8 Å². The Kier molecular flexibility index (Phi) is 4.03. The van der Waals surface area contributed by atoms with Crippen molar-refractivity contribution in [3.8, 4) is 0 Å². The van der Waals surface area contributed by atoms with E-state index in [1.165, 1.54) is 21.9 Å². The first kappa shape index (κ1) is 13.8. The van der Waals surface area contributed by atoms with E-state index in [2.05, 4.69) is 92.0 Å².